The maximum Gasteiger partial charge on any atom is 0.417 e. The lowest BCUT2D eigenvalue weighted by Gasteiger charge is -2.38. The third kappa shape index (κ3) is 8.75. The van der Waals surface area contributed by atoms with Crippen molar-refractivity contribution >= 4 is 11.4 Å². The Morgan fingerprint density at radius 2 is 1.29 bits per heavy atom. The van der Waals surface area contributed by atoms with Crippen LogP contribution >= 0.6 is 0 Å². The van der Waals surface area contributed by atoms with Gasteiger partial charge in [-0.15, -0.1) is 5.10 Å². The fourth-order valence-corrected chi connectivity index (χ4v) is 6.87. The predicted octanol–water partition coefficient (Wildman–Crippen LogP) is 7.25. The van der Waals surface area contributed by atoms with Gasteiger partial charge < -0.3 is 15.5 Å². The Hall–Kier alpha value is -4.37. The second kappa shape index (κ2) is 15.7. The maximum absolute atomic E-state index is 13.3. The molecule has 3 aromatic rings. The number of aromatic nitrogens is 4. The highest BCUT2D eigenvalue weighted by Gasteiger charge is 2.36. The molecule has 4 unspecified atom stereocenters. The van der Waals surface area contributed by atoms with Crippen molar-refractivity contribution < 1.29 is 26.3 Å². The summed E-state index contributed by atoms with van der Waals surface area (Å²) in [6, 6.07) is 11.6. The van der Waals surface area contributed by atoms with Crippen LogP contribution in [-0.4, -0.2) is 51.4 Å². The minimum atomic E-state index is -4.55. The fraction of sp³-hybridized carbons (Fsp3) is 0.545. The number of rotatable bonds is 7. The smallest absolute Gasteiger partial charge is 0.369 e. The topological polar surface area (TPSA) is 124 Å². The van der Waals surface area contributed by atoms with Crippen LogP contribution in [0.5, 0.6) is 0 Å². The second-order valence-corrected chi connectivity index (χ2v) is 12.1. The monoisotopic (exact) mass is 675 g/mol. The summed E-state index contributed by atoms with van der Waals surface area (Å²) in [6.45, 7) is 5.04. The van der Waals surface area contributed by atoms with Gasteiger partial charge in [0.1, 0.15) is 6.33 Å². The molecule has 258 valence electrons. The van der Waals surface area contributed by atoms with Gasteiger partial charge in [0.05, 0.1) is 40.4 Å². The molecule has 0 aliphatic heterocycles. The Bertz CT molecular complexity index is 1580. The van der Waals surface area contributed by atoms with Crippen molar-refractivity contribution in [2.24, 2.45) is 5.73 Å². The summed E-state index contributed by atoms with van der Waals surface area (Å²) in [7, 11) is 0. The average Bonchev–Trinajstić information content (AvgIpc) is 3.61. The second-order valence-electron chi connectivity index (χ2n) is 12.1. The lowest BCUT2D eigenvalue weighted by atomic mass is 9.89. The molecule has 4 atom stereocenters. The van der Waals surface area contributed by atoms with Gasteiger partial charge in [-0.2, -0.15) is 36.9 Å². The Balaban J connectivity index is 0.000000220. The predicted molar refractivity (Wildman–Crippen MR) is 168 cm³/mol. The molecule has 2 fully saturated rings. The molecular weight excluding hydrogens is 636 g/mol. The van der Waals surface area contributed by atoms with Gasteiger partial charge in [0.25, 0.3) is 0 Å². The number of nitriles is 2. The molecule has 0 amide bonds. The lowest BCUT2D eigenvalue weighted by Crippen LogP contribution is -2.42. The zero-order valence-corrected chi connectivity index (χ0v) is 26.8. The fourth-order valence-electron chi connectivity index (χ4n) is 6.87. The van der Waals surface area contributed by atoms with Crippen molar-refractivity contribution in [3.05, 3.63) is 65.0 Å². The summed E-state index contributed by atoms with van der Waals surface area (Å²) in [5.74, 6) is 0. The highest BCUT2D eigenvalue weighted by Crippen LogP contribution is 2.38. The summed E-state index contributed by atoms with van der Waals surface area (Å²) in [5, 5.41) is 29.1. The zero-order valence-electron chi connectivity index (χ0n) is 26.8. The van der Waals surface area contributed by atoms with Crippen LogP contribution in [0.15, 0.2) is 42.7 Å². The van der Waals surface area contributed by atoms with Gasteiger partial charge in [-0.25, -0.2) is 4.68 Å². The van der Waals surface area contributed by atoms with Crippen LogP contribution in [-0.2, 0) is 12.4 Å². The highest BCUT2D eigenvalue weighted by atomic mass is 19.4. The van der Waals surface area contributed by atoms with Gasteiger partial charge >= 0.3 is 12.4 Å². The Labute approximate surface area is 275 Å². The van der Waals surface area contributed by atoms with Gasteiger partial charge in [0, 0.05) is 42.6 Å². The minimum Gasteiger partial charge on any atom is -0.369 e. The van der Waals surface area contributed by atoms with Crippen molar-refractivity contribution in [2.45, 2.75) is 102 Å². The Kier molecular flexibility index (Phi) is 11.9. The van der Waals surface area contributed by atoms with E-state index >= 15 is 0 Å². The van der Waals surface area contributed by atoms with E-state index in [0.29, 0.717) is 24.5 Å². The molecule has 0 saturated heterocycles. The van der Waals surface area contributed by atoms with Crippen LogP contribution in [0.3, 0.4) is 0 Å². The molecular formula is C33H39F6N9. The molecule has 2 saturated carbocycles. The quantitative estimate of drug-likeness (QED) is 0.260. The van der Waals surface area contributed by atoms with Crippen LogP contribution in [0.4, 0.5) is 37.7 Å². The van der Waals surface area contributed by atoms with Crippen molar-refractivity contribution in [2.75, 3.05) is 22.9 Å². The average molecular weight is 676 g/mol. The van der Waals surface area contributed by atoms with E-state index in [2.05, 4.69) is 15.5 Å². The maximum atomic E-state index is 13.3. The molecule has 1 heterocycles. The van der Waals surface area contributed by atoms with E-state index in [1.54, 1.807) is 35.3 Å². The standard InChI is InChI=1S/C17H19F3N6.C16H20F3N3/c1-2-25(13-4-3-5-15(8-13)26-11-22-23-24-26)14-7-6-12(10-21)16(9-14)17(18,19)20;1-2-22(13-5-3-4-12(21)8-13)14-7-6-11(10-20)15(9-14)16(17,18)19/h6-7,9,11,13,15H,2-5,8H2,1H3;6-7,9,12-13H,2-5,8,21H2,1H3. The van der Waals surface area contributed by atoms with E-state index in [1.807, 2.05) is 23.6 Å². The molecule has 2 aromatic carbocycles. The number of nitrogens with zero attached hydrogens (tertiary/aromatic N) is 8. The van der Waals surface area contributed by atoms with Gasteiger partial charge in [-0.3, -0.25) is 0 Å². The molecule has 0 bridgehead atoms. The van der Waals surface area contributed by atoms with Crippen LogP contribution in [0, 0.1) is 22.7 Å². The van der Waals surface area contributed by atoms with Gasteiger partial charge in [-0.1, -0.05) is 0 Å². The van der Waals surface area contributed by atoms with Crippen LogP contribution in [0.1, 0.15) is 93.5 Å². The number of hydrogen-bond donors (Lipinski definition) is 1. The molecule has 48 heavy (non-hydrogen) atoms. The first-order chi connectivity index (χ1) is 22.8. The number of benzene rings is 2. The Morgan fingerprint density at radius 1 is 0.792 bits per heavy atom. The summed E-state index contributed by atoms with van der Waals surface area (Å²) < 4.78 is 80.8. The molecule has 1 aromatic heterocycles. The van der Waals surface area contributed by atoms with Crippen LogP contribution in [0.2, 0.25) is 0 Å². The molecule has 0 spiro atoms. The third-order valence-electron chi connectivity index (χ3n) is 9.13. The normalized spacial score (nSPS) is 21.3. The SMILES string of the molecule is CCN(c1ccc(C#N)c(C(F)(F)F)c1)C1CCCC(N)C1.CCN(c1ccc(C#N)c(C(F)(F)F)c1)C1CCCC(n2cnnn2)C1. The van der Waals surface area contributed by atoms with Crippen LogP contribution < -0.4 is 15.5 Å². The highest BCUT2D eigenvalue weighted by molar-refractivity contribution is 5.56. The first-order valence-corrected chi connectivity index (χ1v) is 16.0. The number of hydrogen-bond acceptors (Lipinski definition) is 8. The van der Waals surface area contributed by atoms with E-state index in [9.17, 15) is 26.3 Å². The summed E-state index contributed by atoms with van der Waals surface area (Å²) in [5.41, 5.74) is 4.54. The zero-order chi connectivity index (χ0) is 35.1. The number of halogens is 6. The van der Waals surface area contributed by atoms with E-state index in [4.69, 9.17) is 16.3 Å². The molecule has 2 N–H and O–H groups in total. The van der Waals surface area contributed by atoms with Crippen molar-refractivity contribution in [1.29, 1.82) is 10.5 Å². The summed E-state index contributed by atoms with van der Waals surface area (Å²) >= 11 is 0. The van der Waals surface area contributed by atoms with Crippen molar-refractivity contribution in [3.63, 3.8) is 0 Å². The molecule has 0 radical (unpaired) electrons. The number of anilines is 2. The first-order valence-electron chi connectivity index (χ1n) is 16.0. The molecule has 9 nitrogen and oxygen atoms in total. The van der Waals surface area contributed by atoms with Crippen molar-refractivity contribution in [3.8, 4) is 12.1 Å². The number of nitrogens with two attached hydrogens (primary N) is 1. The van der Waals surface area contributed by atoms with E-state index in [-0.39, 0.29) is 35.3 Å². The largest absolute Gasteiger partial charge is 0.417 e. The number of alkyl halides is 6. The Morgan fingerprint density at radius 3 is 1.71 bits per heavy atom. The van der Waals surface area contributed by atoms with E-state index in [0.717, 1.165) is 63.5 Å². The summed E-state index contributed by atoms with van der Waals surface area (Å²) in [6.07, 6.45) is -0.265. The van der Waals surface area contributed by atoms with Gasteiger partial charge in [0.2, 0.25) is 0 Å². The number of tetrazole rings is 1. The molecule has 2 aliphatic carbocycles. The van der Waals surface area contributed by atoms with Gasteiger partial charge in [-0.05, 0) is 112 Å². The molecule has 5 rings (SSSR count). The summed E-state index contributed by atoms with van der Waals surface area (Å²) in [4.78, 5) is 3.95. The lowest BCUT2D eigenvalue weighted by molar-refractivity contribution is -0.138. The molecule has 15 heteroatoms. The molecule has 2 aliphatic rings. The van der Waals surface area contributed by atoms with E-state index < -0.39 is 23.5 Å². The van der Waals surface area contributed by atoms with Crippen molar-refractivity contribution in [1.82, 2.24) is 20.2 Å². The first kappa shape index (κ1) is 36.5. The third-order valence-corrected chi connectivity index (χ3v) is 9.13. The minimum absolute atomic E-state index is 0.0944. The van der Waals surface area contributed by atoms with Gasteiger partial charge in [0.15, 0.2) is 0 Å². The van der Waals surface area contributed by atoms with E-state index in [1.165, 1.54) is 12.1 Å². The van der Waals surface area contributed by atoms with Crippen LogP contribution in [0.25, 0.3) is 0 Å².